The lowest BCUT2D eigenvalue weighted by molar-refractivity contribution is -0.133. The number of carbonyl (C=O) groups is 2. The summed E-state index contributed by atoms with van der Waals surface area (Å²) in [5.74, 6) is -1.23. The topological polar surface area (TPSA) is 86.8 Å². The van der Waals surface area contributed by atoms with Gasteiger partial charge in [-0.2, -0.15) is 4.31 Å². The third kappa shape index (κ3) is 5.25. The van der Waals surface area contributed by atoms with Crippen molar-refractivity contribution in [2.45, 2.75) is 45.7 Å². The van der Waals surface area contributed by atoms with Crippen LogP contribution in [0.5, 0.6) is 0 Å². The quantitative estimate of drug-likeness (QED) is 0.667. The number of hydrogen-bond donors (Lipinski definition) is 1. The normalized spacial score (nSPS) is 19.7. The van der Waals surface area contributed by atoms with E-state index in [1.807, 2.05) is 12.1 Å². The van der Waals surface area contributed by atoms with E-state index in [2.05, 4.69) is 19.2 Å². The number of halogens is 1. The lowest BCUT2D eigenvalue weighted by Gasteiger charge is -2.46. The molecule has 0 aliphatic carbocycles. The zero-order valence-electron chi connectivity index (χ0n) is 19.3. The van der Waals surface area contributed by atoms with E-state index >= 15 is 0 Å². The van der Waals surface area contributed by atoms with Crippen LogP contribution in [0.25, 0.3) is 0 Å². The SMILES string of the molecule is CCS(=O)(=O)N1CC(=O)N(c2ccc(C(C)C)cc2)[C@](C)(C(=O)NCc2ccc(F)cc2)C1. The van der Waals surface area contributed by atoms with Gasteiger partial charge in [0, 0.05) is 18.8 Å². The van der Waals surface area contributed by atoms with Crippen LogP contribution in [0.2, 0.25) is 0 Å². The predicted octanol–water partition coefficient (Wildman–Crippen LogP) is 3.02. The van der Waals surface area contributed by atoms with Gasteiger partial charge in [0.25, 0.3) is 0 Å². The van der Waals surface area contributed by atoms with Crippen molar-refractivity contribution in [3.05, 3.63) is 65.5 Å². The van der Waals surface area contributed by atoms with Crippen LogP contribution in [-0.2, 0) is 26.2 Å². The predicted molar refractivity (Wildman–Crippen MR) is 126 cm³/mol. The molecule has 1 aliphatic heterocycles. The zero-order chi connectivity index (χ0) is 24.4. The summed E-state index contributed by atoms with van der Waals surface area (Å²) in [4.78, 5) is 28.0. The number of nitrogens with one attached hydrogen (secondary N) is 1. The minimum atomic E-state index is -3.69. The molecule has 9 heteroatoms. The molecule has 178 valence electrons. The van der Waals surface area contributed by atoms with Crippen LogP contribution in [-0.4, -0.2) is 48.9 Å². The average Bonchev–Trinajstić information content (AvgIpc) is 2.78. The third-order valence-corrected chi connectivity index (χ3v) is 7.75. The second-order valence-electron chi connectivity index (χ2n) is 8.73. The maximum absolute atomic E-state index is 13.4. The fourth-order valence-corrected chi connectivity index (χ4v) is 5.05. The van der Waals surface area contributed by atoms with Crippen molar-refractivity contribution in [1.82, 2.24) is 9.62 Å². The maximum atomic E-state index is 13.4. The highest BCUT2D eigenvalue weighted by atomic mass is 32.2. The van der Waals surface area contributed by atoms with Crippen LogP contribution in [0.15, 0.2) is 48.5 Å². The summed E-state index contributed by atoms with van der Waals surface area (Å²) in [5, 5.41) is 2.79. The van der Waals surface area contributed by atoms with Gasteiger partial charge in [-0.15, -0.1) is 0 Å². The van der Waals surface area contributed by atoms with Crippen LogP contribution >= 0.6 is 0 Å². The van der Waals surface area contributed by atoms with E-state index in [0.717, 1.165) is 9.87 Å². The molecule has 2 aromatic rings. The molecule has 0 saturated carbocycles. The molecule has 3 rings (SSSR count). The molecule has 2 amide bonds. The first kappa shape index (κ1) is 24.9. The summed E-state index contributed by atoms with van der Waals surface area (Å²) in [5.41, 5.74) is 0.816. The summed E-state index contributed by atoms with van der Waals surface area (Å²) < 4.78 is 39.4. The van der Waals surface area contributed by atoms with Crippen molar-refractivity contribution in [2.75, 3.05) is 23.7 Å². The van der Waals surface area contributed by atoms with Crippen LogP contribution in [0.3, 0.4) is 0 Å². The maximum Gasteiger partial charge on any atom is 0.247 e. The molecule has 1 heterocycles. The highest BCUT2D eigenvalue weighted by Gasteiger charge is 2.50. The zero-order valence-corrected chi connectivity index (χ0v) is 20.2. The van der Waals surface area contributed by atoms with Crippen molar-refractivity contribution < 1.29 is 22.4 Å². The molecule has 33 heavy (non-hydrogen) atoms. The fourth-order valence-electron chi connectivity index (χ4n) is 3.93. The van der Waals surface area contributed by atoms with E-state index in [4.69, 9.17) is 0 Å². The lowest BCUT2D eigenvalue weighted by atomic mass is 9.93. The van der Waals surface area contributed by atoms with Crippen LogP contribution < -0.4 is 10.2 Å². The van der Waals surface area contributed by atoms with Gasteiger partial charge in [0.05, 0.1) is 12.3 Å². The number of rotatable bonds is 7. The third-order valence-electron chi connectivity index (χ3n) is 5.97. The van der Waals surface area contributed by atoms with Crippen molar-refractivity contribution in [1.29, 1.82) is 0 Å². The Kier molecular flexibility index (Phi) is 7.23. The number of hydrogen-bond acceptors (Lipinski definition) is 4. The first-order chi connectivity index (χ1) is 15.5. The highest BCUT2D eigenvalue weighted by Crippen LogP contribution is 2.32. The van der Waals surface area contributed by atoms with Crippen molar-refractivity contribution in [3.63, 3.8) is 0 Å². The summed E-state index contributed by atoms with van der Waals surface area (Å²) in [6.07, 6.45) is 0. The van der Waals surface area contributed by atoms with Gasteiger partial charge in [-0.1, -0.05) is 38.1 Å². The molecular weight excluding hydrogens is 445 g/mol. The fraction of sp³-hybridized carbons (Fsp3) is 0.417. The van der Waals surface area contributed by atoms with E-state index in [9.17, 15) is 22.4 Å². The van der Waals surface area contributed by atoms with Crippen molar-refractivity contribution in [2.24, 2.45) is 0 Å². The second-order valence-corrected chi connectivity index (χ2v) is 11.0. The number of nitrogens with zero attached hydrogens (tertiary/aromatic N) is 2. The van der Waals surface area contributed by atoms with E-state index in [1.165, 1.54) is 24.0 Å². The summed E-state index contributed by atoms with van der Waals surface area (Å²) in [6.45, 7) is 6.80. The minimum Gasteiger partial charge on any atom is -0.350 e. The van der Waals surface area contributed by atoms with Gasteiger partial charge in [-0.05, 0) is 55.2 Å². The number of anilines is 1. The summed E-state index contributed by atoms with van der Waals surface area (Å²) in [7, 11) is -3.69. The van der Waals surface area contributed by atoms with Crippen molar-refractivity contribution in [3.8, 4) is 0 Å². The molecule has 7 nitrogen and oxygen atoms in total. The van der Waals surface area contributed by atoms with Gasteiger partial charge in [0.2, 0.25) is 21.8 Å². The Morgan fingerprint density at radius 3 is 2.27 bits per heavy atom. The van der Waals surface area contributed by atoms with Gasteiger partial charge < -0.3 is 5.32 Å². The largest absolute Gasteiger partial charge is 0.350 e. The first-order valence-electron chi connectivity index (χ1n) is 10.9. The first-order valence-corrected chi connectivity index (χ1v) is 12.5. The molecule has 1 aliphatic rings. The van der Waals surface area contributed by atoms with E-state index in [-0.39, 0.29) is 31.2 Å². The lowest BCUT2D eigenvalue weighted by Crippen LogP contribution is -2.70. The van der Waals surface area contributed by atoms with Crippen LogP contribution in [0.4, 0.5) is 10.1 Å². The monoisotopic (exact) mass is 475 g/mol. The molecule has 0 radical (unpaired) electrons. The smallest absolute Gasteiger partial charge is 0.247 e. The Morgan fingerprint density at radius 1 is 1.12 bits per heavy atom. The van der Waals surface area contributed by atoms with Crippen LogP contribution in [0, 0.1) is 5.82 Å². The standard InChI is InChI=1S/C24H30FN3O4S/c1-5-33(31,32)27-15-22(29)28(21-12-8-19(9-13-21)17(2)3)24(4,16-27)23(30)26-14-18-6-10-20(25)11-7-18/h6-13,17H,5,14-16H2,1-4H3,(H,26,30)/t24-/m0/s1. The minimum absolute atomic E-state index is 0.115. The van der Waals surface area contributed by atoms with E-state index < -0.39 is 27.4 Å². The van der Waals surface area contributed by atoms with Gasteiger partial charge >= 0.3 is 0 Å². The molecule has 0 aromatic heterocycles. The number of benzene rings is 2. The van der Waals surface area contributed by atoms with Gasteiger partial charge in [-0.3, -0.25) is 14.5 Å². The number of sulfonamides is 1. The average molecular weight is 476 g/mol. The Labute approximate surface area is 194 Å². The molecule has 1 fully saturated rings. The Balaban J connectivity index is 1.95. The molecule has 1 N–H and O–H groups in total. The Bertz CT molecular complexity index is 1120. The molecule has 0 spiro atoms. The molecule has 1 atom stereocenters. The summed E-state index contributed by atoms with van der Waals surface area (Å²) >= 11 is 0. The number of amides is 2. The molecule has 0 unspecified atom stereocenters. The van der Waals surface area contributed by atoms with E-state index in [1.54, 1.807) is 31.2 Å². The number of piperazine rings is 1. The van der Waals surface area contributed by atoms with Gasteiger partial charge in [0.1, 0.15) is 11.4 Å². The molecular formula is C24H30FN3O4S. The molecule has 2 aromatic carbocycles. The van der Waals surface area contributed by atoms with Crippen LogP contribution in [0.1, 0.15) is 44.7 Å². The summed E-state index contributed by atoms with van der Waals surface area (Å²) in [6, 6.07) is 13.1. The highest BCUT2D eigenvalue weighted by molar-refractivity contribution is 7.89. The Morgan fingerprint density at radius 2 is 1.73 bits per heavy atom. The van der Waals surface area contributed by atoms with Crippen molar-refractivity contribution >= 4 is 27.5 Å². The molecule has 1 saturated heterocycles. The Hall–Kier alpha value is -2.78. The van der Waals surface area contributed by atoms with E-state index in [0.29, 0.717) is 17.2 Å². The second kappa shape index (κ2) is 9.61. The number of carbonyl (C=O) groups excluding carboxylic acids is 2. The molecule has 0 bridgehead atoms. The van der Waals surface area contributed by atoms with Gasteiger partial charge in [-0.25, -0.2) is 12.8 Å². The van der Waals surface area contributed by atoms with Gasteiger partial charge in [0.15, 0.2) is 0 Å².